The van der Waals surface area contributed by atoms with Gasteiger partial charge in [-0.25, -0.2) is 9.67 Å². The van der Waals surface area contributed by atoms with E-state index in [1.165, 1.54) is 25.6 Å². The number of H-pyrrole nitrogens is 1. The van der Waals surface area contributed by atoms with Crippen molar-refractivity contribution in [1.29, 1.82) is 0 Å². The van der Waals surface area contributed by atoms with Crippen molar-refractivity contribution in [2.45, 2.75) is 38.0 Å². The lowest BCUT2D eigenvalue weighted by atomic mass is 9.86. The third kappa shape index (κ3) is 2.20. The Morgan fingerprint density at radius 2 is 2.06 bits per heavy atom. The summed E-state index contributed by atoms with van der Waals surface area (Å²) in [6, 6.07) is 3.58. The molecule has 0 atom stereocenters. The maximum absolute atomic E-state index is 11.7. The Hall–Kier alpha value is -1.91. The van der Waals surface area contributed by atoms with Crippen LogP contribution in [0.1, 0.15) is 43.7 Å². The maximum atomic E-state index is 11.7. The van der Waals surface area contributed by atoms with E-state index < -0.39 is 0 Å². The van der Waals surface area contributed by atoms with Gasteiger partial charge in [-0.2, -0.15) is 5.10 Å². The minimum atomic E-state index is -0.0661. The van der Waals surface area contributed by atoms with Gasteiger partial charge in [-0.1, -0.05) is 19.3 Å². The third-order valence-electron chi connectivity index (χ3n) is 3.58. The van der Waals surface area contributed by atoms with Gasteiger partial charge in [0.15, 0.2) is 0 Å². The molecule has 1 fully saturated rings. The zero-order valence-electron chi connectivity index (χ0n) is 10.2. The van der Waals surface area contributed by atoms with E-state index in [2.05, 4.69) is 15.1 Å². The Labute approximate surface area is 105 Å². The predicted molar refractivity (Wildman–Crippen MR) is 67.8 cm³/mol. The molecule has 18 heavy (non-hydrogen) atoms. The normalized spacial score (nSPS) is 16.9. The van der Waals surface area contributed by atoms with E-state index in [1.807, 2.05) is 6.07 Å². The molecule has 94 valence electrons. The SMILES string of the molecule is O=c1cc(-n2cncn2)cc(C2CCCCC2)[nH]1. The van der Waals surface area contributed by atoms with Crippen LogP contribution < -0.4 is 5.56 Å². The van der Waals surface area contributed by atoms with E-state index in [-0.39, 0.29) is 5.56 Å². The Morgan fingerprint density at radius 1 is 1.22 bits per heavy atom. The molecule has 0 aromatic carbocycles. The van der Waals surface area contributed by atoms with Crippen LogP contribution in [-0.4, -0.2) is 19.7 Å². The highest BCUT2D eigenvalue weighted by Crippen LogP contribution is 2.31. The highest BCUT2D eigenvalue weighted by molar-refractivity contribution is 5.31. The minimum absolute atomic E-state index is 0.0661. The standard InChI is InChI=1S/C13H16N4O/c18-13-7-11(17-9-14-8-15-17)6-12(16-13)10-4-2-1-3-5-10/h6-10H,1-5H2,(H,16,18). The molecule has 5 heteroatoms. The van der Waals surface area contributed by atoms with E-state index in [0.29, 0.717) is 5.92 Å². The summed E-state index contributed by atoms with van der Waals surface area (Å²) in [7, 11) is 0. The number of aromatic nitrogens is 4. The topological polar surface area (TPSA) is 63.6 Å². The molecule has 3 rings (SSSR count). The smallest absolute Gasteiger partial charge is 0.250 e. The van der Waals surface area contributed by atoms with Crippen LogP contribution in [-0.2, 0) is 0 Å². The zero-order valence-corrected chi connectivity index (χ0v) is 10.2. The average Bonchev–Trinajstić information content (AvgIpc) is 2.93. The number of nitrogens with zero attached hydrogens (tertiary/aromatic N) is 3. The lowest BCUT2D eigenvalue weighted by Crippen LogP contribution is -2.15. The van der Waals surface area contributed by atoms with Gasteiger partial charge in [0.2, 0.25) is 5.56 Å². The summed E-state index contributed by atoms with van der Waals surface area (Å²) in [5, 5.41) is 4.07. The summed E-state index contributed by atoms with van der Waals surface area (Å²) < 4.78 is 1.63. The van der Waals surface area contributed by atoms with E-state index in [0.717, 1.165) is 24.2 Å². The zero-order chi connectivity index (χ0) is 12.4. The van der Waals surface area contributed by atoms with Crippen molar-refractivity contribution in [2.75, 3.05) is 0 Å². The Morgan fingerprint density at radius 3 is 2.78 bits per heavy atom. The molecule has 0 radical (unpaired) electrons. The molecular weight excluding hydrogens is 228 g/mol. The Kier molecular flexibility index (Phi) is 2.96. The van der Waals surface area contributed by atoms with Crippen LogP contribution in [0.3, 0.4) is 0 Å². The fourth-order valence-corrected chi connectivity index (χ4v) is 2.66. The van der Waals surface area contributed by atoms with Crippen molar-refractivity contribution in [3.05, 3.63) is 40.8 Å². The number of nitrogens with one attached hydrogen (secondary N) is 1. The van der Waals surface area contributed by atoms with E-state index in [1.54, 1.807) is 17.1 Å². The number of rotatable bonds is 2. The molecule has 1 saturated carbocycles. The van der Waals surface area contributed by atoms with Crippen LogP contribution in [0.2, 0.25) is 0 Å². The lowest BCUT2D eigenvalue weighted by Gasteiger charge is -2.21. The van der Waals surface area contributed by atoms with E-state index >= 15 is 0 Å². The van der Waals surface area contributed by atoms with Gasteiger partial charge in [-0.3, -0.25) is 4.79 Å². The summed E-state index contributed by atoms with van der Waals surface area (Å²) in [6.07, 6.45) is 9.22. The van der Waals surface area contributed by atoms with Gasteiger partial charge >= 0.3 is 0 Å². The second-order valence-corrected chi connectivity index (χ2v) is 4.83. The summed E-state index contributed by atoms with van der Waals surface area (Å²) in [6.45, 7) is 0. The highest BCUT2D eigenvalue weighted by Gasteiger charge is 2.17. The van der Waals surface area contributed by atoms with Crippen LogP contribution in [0.4, 0.5) is 0 Å². The van der Waals surface area contributed by atoms with Gasteiger partial charge < -0.3 is 4.98 Å². The molecule has 2 aromatic rings. The first-order chi connectivity index (χ1) is 8.83. The van der Waals surface area contributed by atoms with Gasteiger partial charge in [0.05, 0.1) is 5.69 Å². The largest absolute Gasteiger partial charge is 0.326 e. The third-order valence-corrected chi connectivity index (χ3v) is 3.58. The molecule has 0 spiro atoms. The summed E-state index contributed by atoms with van der Waals surface area (Å²) >= 11 is 0. The molecule has 0 bridgehead atoms. The number of hydrogen-bond acceptors (Lipinski definition) is 3. The van der Waals surface area contributed by atoms with Crippen molar-refractivity contribution in [3.8, 4) is 5.69 Å². The number of pyridine rings is 1. The van der Waals surface area contributed by atoms with Crippen LogP contribution in [0.25, 0.3) is 5.69 Å². The molecule has 1 N–H and O–H groups in total. The number of aromatic amines is 1. The predicted octanol–water partition coefficient (Wildman–Crippen LogP) is 2.00. The molecule has 1 aliphatic carbocycles. The van der Waals surface area contributed by atoms with Crippen molar-refractivity contribution in [1.82, 2.24) is 19.7 Å². The van der Waals surface area contributed by atoms with Gasteiger partial charge in [-0.15, -0.1) is 0 Å². The second-order valence-electron chi connectivity index (χ2n) is 4.83. The average molecular weight is 244 g/mol. The Balaban J connectivity index is 1.98. The summed E-state index contributed by atoms with van der Waals surface area (Å²) in [5.74, 6) is 0.481. The lowest BCUT2D eigenvalue weighted by molar-refractivity contribution is 0.436. The molecule has 0 unspecified atom stereocenters. The summed E-state index contributed by atoms with van der Waals surface area (Å²) in [4.78, 5) is 18.6. The monoisotopic (exact) mass is 244 g/mol. The molecule has 0 saturated heterocycles. The highest BCUT2D eigenvalue weighted by atomic mass is 16.1. The fraction of sp³-hybridized carbons (Fsp3) is 0.462. The van der Waals surface area contributed by atoms with Crippen molar-refractivity contribution >= 4 is 0 Å². The maximum Gasteiger partial charge on any atom is 0.250 e. The van der Waals surface area contributed by atoms with Gasteiger partial charge in [-0.05, 0) is 24.8 Å². The first kappa shape index (κ1) is 11.2. The van der Waals surface area contributed by atoms with Gasteiger partial charge in [0.25, 0.3) is 0 Å². The van der Waals surface area contributed by atoms with Crippen LogP contribution >= 0.6 is 0 Å². The molecule has 0 amide bonds. The first-order valence-electron chi connectivity index (χ1n) is 6.42. The fourth-order valence-electron chi connectivity index (χ4n) is 2.66. The second kappa shape index (κ2) is 4.76. The van der Waals surface area contributed by atoms with Crippen LogP contribution in [0, 0.1) is 0 Å². The van der Waals surface area contributed by atoms with Crippen molar-refractivity contribution in [3.63, 3.8) is 0 Å². The van der Waals surface area contributed by atoms with Gasteiger partial charge in [0, 0.05) is 11.8 Å². The van der Waals surface area contributed by atoms with E-state index in [4.69, 9.17) is 0 Å². The first-order valence-corrected chi connectivity index (χ1v) is 6.42. The van der Waals surface area contributed by atoms with E-state index in [9.17, 15) is 4.79 Å². The molecule has 0 aliphatic heterocycles. The number of hydrogen-bond donors (Lipinski definition) is 1. The molecule has 5 nitrogen and oxygen atoms in total. The van der Waals surface area contributed by atoms with Gasteiger partial charge in [0.1, 0.15) is 12.7 Å². The molecule has 1 aliphatic rings. The molecule has 2 aromatic heterocycles. The van der Waals surface area contributed by atoms with Crippen molar-refractivity contribution < 1.29 is 0 Å². The van der Waals surface area contributed by atoms with Crippen LogP contribution in [0.5, 0.6) is 0 Å². The molecule has 2 heterocycles. The minimum Gasteiger partial charge on any atom is -0.326 e. The molecular formula is C13H16N4O. The van der Waals surface area contributed by atoms with Crippen LogP contribution in [0.15, 0.2) is 29.6 Å². The summed E-state index contributed by atoms with van der Waals surface area (Å²) in [5.41, 5.74) is 1.76. The van der Waals surface area contributed by atoms with Crippen molar-refractivity contribution in [2.24, 2.45) is 0 Å². The quantitative estimate of drug-likeness (QED) is 0.878. The Bertz CT molecular complexity index is 567.